The number of rotatable bonds is 0. The average Bonchev–Trinajstić information content (AvgIpc) is 2.34. The summed E-state index contributed by atoms with van der Waals surface area (Å²) < 4.78 is 0. The quantitative estimate of drug-likeness (QED) is 0.551. The van der Waals surface area contributed by atoms with Crippen molar-refractivity contribution < 1.29 is 0 Å². The highest BCUT2D eigenvalue weighted by molar-refractivity contribution is 5.28. The first kappa shape index (κ1) is 15.2. The van der Waals surface area contributed by atoms with Gasteiger partial charge >= 0.3 is 0 Å². The molecule has 0 spiro atoms. The second kappa shape index (κ2) is 11.7. The molecule has 14 heavy (non-hydrogen) atoms. The fourth-order valence-corrected chi connectivity index (χ4v) is 1.04. The van der Waals surface area contributed by atoms with Gasteiger partial charge in [0, 0.05) is 0 Å². The highest BCUT2D eigenvalue weighted by atomic mass is 13.8. The van der Waals surface area contributed by atoms with Crippen LogP contribution in [0.5, 0.6) is 0 Å². The molecule has 0 atom stereocenters. The van der Waals surface area contributed by atoms with E-state index in [1.807, 2.05) is 13.8 Å². The monoisotopic (exact) mass is 190 g/mol. The molecule has 1 aromatic rings. The minimum atomic E-state index is 1.31. The van der Waals surface area contributed by atoms with Gasteiger partial charge in [0.2, 0.25) is 0 Å². The van der Waals surface area contributed by atoms with E-state index in [1.54, 1.807) is 0 Å². The van der Waals surface area contributed by atoms with Crippen LogP contribution >= 0.6 is 0 Å². The smallest absolute Gasteiger partial charge is 0.0230 e. The fraction of sp³-hybridized carbons (Fsp3) is 0.286. The van der Waals surface area contributed by atoms with E-state index in [9.17, 15) is 0 Å². The van der Waals surface area contributed by atoms with Crippen molar-refractivity contribution >= 4 is 12.2 Å². The third-order valence-corrected chi connectivity index (χ3v) is 1.62. The molecular formula is C14H22. The van der Waals surface area contributed by atoms with E-state index in [0.717, 1.165) is 0 Å². The Morgan fingerprint density at radius 1 is 0.857 bits per heavy atom. The highest BCUT2D eigenvalue weighted by Gasteiger charge is 1.77. The van der Waals surface area contributed by atoms with Crippen molar-refractivity contribution in [2.45, 2.75) is 27.7 Å². The molecule has 1 rings (SSSR count). The van der Waals surface area contributed by atoms with E-state index in [2.05, 4.69) is 63.4 Å². The summed E-state index contributed by atoms with van der Waals surface area (Å²) in [4.78, 5) is 0. The van der Waals surface area contributed by atoms with E-state index >= 15 is 0 Å². The van der Waals surface area contributed by atoms with Gasteiger partial charge in [-0.1, -0.05) is 50.3 Å². The van der Waals surface area contributed by atoms with E-state index < -0.39 is 0 Å². The molecule has 0 aromatic heterocycles. The largest absolute Gasteiger partial charge is 0.106 e. The normalized spacial score (nSPS) is 10.9. The summed E-state index contributed by atoms with van der Waals surface area (Å²) in [5, 5.41) is 2.62. The second-order valence-electron chi connectivity index (χ2n) is 2.21. The molecule has 0 heterocycles. The van der Waals surface area contributed by atoms with Gasteiger partial charge in [-0.25, -0.2) is 0 Å². The minimum Gasteiger partial charge on any atom is -0.106 e. The average molecular weight is 190 g/mol. The highest BCUT2D eigenvalue weighted by Crippen LogP contribution is 1.71. The van der Waals surface area contributed by atoms with Crippen molar-refractivity contribution in [3.63, 3.8) is 0 Å². The Bertz CT molecular complexity index is 287. The summed E-state index contributed by atoms with van der Waals surface area (Å²) in [6.07, 6.45) is 4.24. The number of hydrogen-bond acceptors (Lipinski definition) is 0. The van der Waals surface area contributed by atoms with Crippen LogP contribution in [0.1, 0.15) is 27.7 Å². The van der Waals surface area contributed by atoms with Gasteiger partial charge in [0.1, 0.15) is 0 Å². The molecule has 1 aromatic carbocycles. The van der Waals surface area contributed by atoms with Crippen molar-refractivity contribution in [3.8, 4) is 0 Å². The van der Waals surface area contributed by atoms with E-state index in [1.165, 1.54) is 10.4 Å². The van der Waals surface area contributed by atoms with Gasteiger partial charge in [0.05, 0.1) is 0 Å². The summed E-state index contributed by atoms with van der Waals surface area (Å²) >= 11 is 0. The molecule has 0 saturated heterocycles. The van der Waals surface area contributed by atoms with Crippen LogP contribution in [0.2, 0.25) is 0 Å². The first-order valence-electron chi connectivity index (χ1n) is 5.06. The second-order valence-corrected chi connectivity index (χ2v) is 2.21. The van der Waals surface area contributed by atoms with Crippen LogP contribution in [0.15, 0.2) is 37.4 Å². The zero-order valence-corrected chi connectivity index (χ0v) is 9.88. The minimum absolute atomic E-state index is 1.31. The van der Waals surface area contributed by atoms with Crippen LogP contribution in [0.25, 0.3) is 12.2 Å². The molecule has 0 unspecified atom stereocenters. The Balaban J connectivity index is 0. The first-order valence-corrected chi connectivity index (χ1v) is 5.06. The predicted octanol–water partition coefficient (Wildman–Crippen LogP) is 3.12. The summed E-state index contributed by atoms with van der Waals surface area (Å²) in [7, 11) is 0. The summed E-state index contributed by atoms with van der Waals surface area (Å²) in [5.41, 5.74) is 0. The molecule has 0 nitrogen and oxygen atoms in total. The maximum Gasteiger partial charge on any atom is -0.0230 e. The Morgan fingerprint density at radius 3 is 1.36 bits per heavy atom. The maximum atomic E-state index is 3.00. The topological polar surface area (TPSA) is 0 Å². The molecule has 0 fully saturated rings. The maximum absolute atomic E-state index is 3.00. The lowest BCUT2D eigenvalue weighted by atomic mass is 10.2. The van der Waals surface area contributed by atoms with Gasteiger partial charge in [-0.2, -0.15) is 0 Å². The molecule has 0 aliphatic rings. The third-order valence-electron chi connectivity index (χ3n) is 1.62. The van der Waals surface area contributed by atoms with Crippen molar-refractivity contribution in [1.29, 1.82) is 0 Å². The Kier molecular flexibility index (Phi) is 12.7. The van der Waals surface area contributed by atoms with Gasteiger partial charge in [-0.05, 0) is 24.3 Å². The fourth-order valence-electron chi connectivity index (χ4n) is 1.04. The molecular weight excluding hydrogens is 168 g/mol. The Hall–Kier alpha value is -1.30. The standard InChI is InChI=1S/C10H12.C2H6.C2H4/c1-3-9-7-5-6-8-10(9)4-2;2*1-2/h3-8H,1-2H3;1-2H3;1-2H2/b9-3-,10-4-;;. The summed E-state index contributed by atoms with van der Waals surface area (Å²) in [6, 6.07) is 8.36. The Morgan fingerprint density at radius 2 is 1.14 bits per heavy atom. The molecule has 0 bridgehead atoms. The Labute approximate surface area is 88.3 Å². The molecule has 0 heteroatoms. The van der Waals surface area contributed by atoms with Gasteiger partial charge in [0.25, 0.3) is 0 Å². The first-order chi connectivity index (χ1) is 6.88. The van der Waals surface area contributed by atoms with Crippen molar-refractivity contribution in [3.05, 3.63) is 47.9 Å². The summed E-state index contributed by atoms with van der Waals surface area (Å²) in [5.74, 6) is 0. The molecule has 0 radical (unpaired) electrons. The predicted molar refractivity (Wildman–Crippen MR) is 68.6 cm³/mol. The SMILES string of the molecule is C/C=c1/cccc/c1=C/C.C=C.CC. The lowest BCUT2D eigenvalue weighted by Crippen LogP contribution is -2.22. The molecule has 0 aliphatic heterocycles. The zero-order valence-electron chi connectivity index (χ0n) is 9.88. The van der Waals surface area contributed by atoms with E-state index in [4.69, 9.17) is 0 Å². The van der Waals surface area contributed by atoms with Gasteiger partial charge in [-0.15, -0.1) is 13.2 Å². The van der Waals surface area contributed by atoms with Crippen molar-refractivity contribution in [1.82, 2.24) is 0 Å². The molecule has 0 N–H and O–H groups in total. The van der Waals surface area contributed by atoms with E-state index in [0.29, 0.717) is 0 Å². The van der Waals surface area contributed by atoms with Crippen LogP contribution in [0, 0.1) is 0 Å². The molecule has 0 amide bonds. The van der Waals surface area contributed by atoms with Crippen molar-refractivity contribution in [2.24, 2.45) is 0 Å². The zero-order chi connectivity index (χ0) is 11.4. The summed E-state index contributed by atoms with van der Waals surface area (Å²) in [6.45, 7) is 14.1. The van der Waals surface area contributed by atoms with Crippen LogP contribution in [0.3, 0.4) is 0 Å². The number of hydrogen-bond donors (Lipinski definition) is 0. The van der Waals surface area contributed by atoms with Crippen LogP contribution in [-0.2, 0) is 0 Å². The number of benzene rings is 1. The molecule has 0 aliphatic carbocycles. The lowest BCUT2D eigenvalue weighted by Gasteiger charge is -1.85. The van der Waals surface area contributed by atoms with E-state index in [-0.39, 0.29) is 0 Å². The third kappa shape index (κ3) is 5.36. The van der Waals surface area contributed by atoms with Crippen LogP contribution < -0.4 is 10.4 Å². The molecule has 0 saturated carbocycles. The van der Waals surface area contributed by atoms with Gasteiger partial charge < -0.3 is 0 Å². The molecule has 78 valence electrons. The van der Waals surface area contributed by atoms with Gasteiger partial charge in [-0.3, -0.25) is 0 Å². The van der Waals surface area contributed by atoms with Crippen LogP contribution in [0.4, 0.5) is 0 Å². The lowest BCUT2D eigenvalue weighted by molar-refractivity contribution is 1.50. The van der Waals surface area contributed by atoms with Gasteiger partial charge in [0.15, 0.2) is 0 Å². The van der Waals surface area contributed by atoms with Crippen molar-refractivity contribution in [2.75, 3.05) is 0 Å². The van der Waals surface area contributed by atoms with Crippen LogP contribution in [-0.4, -0.2) is 0 Å².